The van der Waals surface area contributed by atoms with Crippen molar-refractivity contribution in [2.45, 2.75) is 38.8 Å². The van der Waals surface area contributed by atoms with Crippen molar-refractivity contribution in [3.05, 3.63) is 88.7 Å². The summed E-state index contributed by atoms with van der Waals surface area (Å²) in [6.45, 7) is 1.92. The smallest absolute Gasteiger partial charge is 0.228 e. The fourth-order valence-electron chi connectivity index (χ4n) is 5.77. The molecule has 0 radical (unpaired) electrons. The minimum absolute atomic E-state index is 0.0775. The Bertz CT molecular complexity index is 1360. The fourth-order valence-corrected chi connectivity index (χ4v) is 5.77. The molecular formula is C32H36FN3O4. The Morgan fingerprint density at radius 2 is 1.55 bits per heavy atom. The first-order chi connectivity index (χ1) is 19.4. The molecule has 3 aromatic carbocycles. The van der Waals surface area contributed by atoms with Crippen LogP contribution in [0.5, 0.6) is 11.5 Å². The van der Waals surface area contributed by atoms with Crippen molar-refractivity contribution in [3.63, 3.8) is 0 Å². The summed E-state index contributed by atoms with van der Waals surface area (Å²) in [5.74, 6) is 0.0493. The maximum absolute atomic E-state index is 13.5. The van der Waals surface area contributed by atoms with Crippen LogP contribution in [0, 0.1) is 17.7 Å². The molecule has 1 fully saturated rings. The van der Waals surface area contributed by atoms with E-state index < -0.39 is 0 Å². The van der Waals surface area contributed by atoms with E-state index in [0.29, 0.717) is 44.1 Å². The van der Waals surface area contributed by atoms with E-state index in [1.54, 1.807) is 26.4 Å². The SMILES string of the molecule is COc1ccc(CN2C[C@@H](C(=O)NCc3ccc(F)cc3)C[C@@H](C(=O)Nc3ccc4c(c3)CCC4)C2)cc1OC. The van der Waals surface area contributed by atoms with Gasteiger partial charge in [0, 0.05) is 31.9 Å². The minimum Gasteiger partial charge on any atom is -0.493 e. The van der Waals surface area contributed by atoms with E-state index in [1.165, 1.54) is 23.3 Å². The first kappa shape index (κ1) is 27.6. The van der Waals surface area contributed by atoms with E-state index in [9.17, 15) is 14.0 Å². The van der Waals surface area contributed by atoms with Gasteiger partial charge >= 0.3 is 0 Å². The van der Waals surface area contributed by atoms with E-state index in [4.69, 9.17) is 9.47 Å². The normalized spacial score (nSPS) is 18.6. The summed E-state index contributed by atoms with van der Waals surface area (Å²) < 4.78 is 24.1. The molecule has 40 heavy (non-hydrogen) atoms. The highest BCUT2D eigenvalue weighted by Crippen LogP contribution is 2.31. The van der Waals surface area contributed by atoms with Gasteiger partial charge in [-0.05, 0) is 84.3 Å². The number of fused-ring (bicyclic) bond motifs is 1. The molecule has 0 unspecified atom stereocenters. The van der Waals surface area contributed by atoms with Crippen LogP contribution in [0.3, 0.4) is 0 Å². The van der Waals surface area contributed by atoms with Gasteiger partial charge in [-0.2, -0.15) is 0 Å². The van der Waals surface area contributed by atoms with Crippen molar-refractivity contribution < 1.29 is 23.5 Å². The Balaban J connectivity index is 1.30. The van der Waals surface area contributed by atoms with Gasteiger partial charge in [-0.1, -0.05) is 24.3 Å². The van der Waals surface area contributed by atoms with Gasteiger partial charge in [0.1, 0.15) is 5.82 Å². The quantitative estimate of drug-likeness (QED) is 0.407. The van der Waals surface area contributed by atoms with Crippen LogP contribution in [0.2, 0.25) is 0 Å². The first-order valence-corrected chi connectivity index (χ1v) is 13.8. The van der Waals surface area contributed by atoms with Crippen LogP contribution in [0.25, 0.3) is 0 Å². The number of hydrogen-bond donors (Lipinski definition) is 2. The van der Waals surface area contributed by atoms with Gasteiger partial charge < -0.3 is 20.1 Å². The molecule has 8 heteroatoms. The Morgan fingerprint density at radius 1 is 0.850 bits per heavy atom. The molecule has 2 amide bonds. The zero-order valence-electron chi connectivity index (χ0n) is 23.0. The Labute approximate surface area is 234 Å². The predicted octanol–water partition coefficient (Wildman–Crippen LogP) is 4.72. The third-order valence-electron chi connectivity index (χ3n) is 7.87. The third-order valence-corrected chi connectivity index (χ3v) is 7.87. The molecule has 1 heterocycles. The van der Waals surface area contributed by atoms with E-state index in [2.05, 4.69) is 27.7 Å². The average molecular weight is 546 g/mol. The molecular weight excluding hydrogens is 509 g/mol. The number of rotatable bonds is 9. The monoisotopic (exact) mass is 545 g/mol. The Kier molecular flexibility index (Phi) is 8.65. The number of ether oxygens (including phenoxy) is 2. The highest BCUT2D eigenvalue weighted by atomic mass is 19.1. The van der Waals surface area contributed by atoms with Crippen LogP contribution in [0.4, 0.5) is 10.1 Å². The molecule has 5 rings (SSSR count). The molecule has 1 aliphatic heterocycles. The van der Waals surface area contributed by atoms with Gasteiger partial charge in [-0.15, -0.1) is 0 Å². The van der Waals surface area contributed by atoms with E-state index in [0.717, 1.165) is 36.1 Å². The summed E-state index contributed by atoms with van der Waals surface area (Å²) in [5, 5.41) is 6.10. The average Bonchev–Trinajstić information content (AvgIpc) is 3.44. The molecule has 0 saturated carbocycles. The molecule has 0 spiro atoms. The molecule has 2 aliphatic rings. The van der Waals surface area contributed by atoms with Gasteiger partial charge in [0.2, 0.25) is 11.8 Å². The maximum Gasteiger partial charge on any atom is 0.228 e. The van der Waals surface area contributed by atoms with Crippen molar-refractivity contribution in [3.8, 4) is 11.5 Å². The highest BCUT2D eigenvalue weighted by Gasteiger charge is 2.35. The van der Waals surface area contributed by atoms with Crippen LogP contribution >= 0.6 is 0 Å². The molecule has 3 aromatic rings. The largest absolute Gasteiger partial charge is 0.493 e. The Morgan fingerprint density at radius 3 is 2.30 bits per heavy atom. The number of nitrogens with zero attached hydrogens (tertiary/aromatic N) is 1. The molecule has 210 valence electrons. The zero-order valence-corrected chi connectivity index (χ0v) is 23.0. The maximum atomic E-state index is 13.5. The van der Waals surface area contributed by atoms with Crippen LogP contribution in [0.15, 0.2) is 60.7 Å². The molecule has 0 bridgehead atoms. The number of likely N-dealkylation sites (tertiary alicyclic amines) is 1. The number of anilines is 1. The molecule has 0 aromatic heterocycles. The van der Waals surface area contributed by atoms with Gasteiger partial charge in [-0.25, -0.2) is 4.39 Å². The van der Waals surface area contributed by atoms with Crippen LogP contribution in [0.1, 0.15) is 35.1 Å². The predicted molar refractivity (Wildman–Crippen MR) is 152 cm³/mol. The number of carbonyl (C=O) groups is 2. The minimum atomic E-state index is -0.370. The second-order valence-electron chi connectivity index (χ2n) is 10.7. The van der Waals surface area contributed by atoms with E-state index >= 15 is 0 Å². The van der Waals surface area contributed by atoms with Crippen LogP contribution in [-0.2, 0) is 35.5 Å². The van der Waals surface area contributed by atoms with Gasteiger partial charge in [-0.3, -0.25) is 14.5 Å². The number of amides is 2. The van der Waals surface area contributed by atoms with Gasteiger partial charge in [0.05, 0.1) is 26.1 Å². The lowest BCUT2D eigenvalue weighted by Gasteiger charge is -2.36. The lowest BCUT2D eigenvalue weighted by atomic mass is 9.87. The van der Waals surface area contributed by atoms with Crippen LogP contribution in [-0.4, -0.2) is 44.0 Å². The molecule has 2 N–H and O–H groups in total. The van der Waals surface area contributed by atoms with E-state index in [-0.39, 0.29) is 29.5 Å². The number of piperidine rings is 1. The summed E-state index contributed by atoms with van der Waals surface area (Å²) in [6, 6.07) is 18.0. The number of carbonyl (C=O) groups excluding carboxylic acids is 2. The number of halogens is 1. The third kappa shape index (κ3) is 6.62. The van der Waals surface area contributed by atoms with Crippen molar-refractivity contribution in [1.29, 1.82) is 0 Å². The summed E-state index contributed by atoms with van der Waals surface area (Å²) in [6.07, 6.45) is 3.73. The lowest BCUT2D eigenvalue weighted by molar-refractivity contribution is -0.130. The summed E-state index contributed by atoms with van der Waals surface area (Å²) >= 11 is 0. The molecule has 7 nitrogen and oxygen atoms in total. The van der Waals surface area contributed by atoms with Gasteiger partial charge in [0.15, 0.2) is 11.5 Å². The molecule has 2 atom stereocenters. The summed E-state index contributed by atoms with van der Waals surface area (Å²) in [7, 11) is 3.20. The fraction of sp³-hybridized carbons (Fsp3) is 0.375. The highest BCUT2D eigenvalue weighted by molar-refractivity contribution is 5.93. The number of hydrogen-bond acceptors (Lipinski definition) is 5. The van der Waals surface area contributed by atoms with Gasteiger partial charge in [0.25, 0.3) is 0 Å². The number of methoxy groups -OCH3 is 2. The number of nitrogens with one attached hydrogen (secondary N) is 2. The standard InChI is InChI=1S/C32H36FN3O4/c1-39-29-13-8-22(14-30(29)40-2)18-36-19-25(31(37)34-17-21-6-10-27(33)11-7-21)15-26(20-36)32(38)35-28-12-9-23-4-3-5-24(23)16-28/h6-14,16,25-26H,3-5,15,17-20H2,1-2H3,(H,34,37)(H,35,38)/t25-,26+/m0/s1. The number of benzene rings is 3. The van der Waals surface area contributed by atoms with Crippen molar-refractivity contribution >= 4 is 17.5 Å². The number of aryl methyl sites for hydroxylation is 2. The molecule has 1 aliphatic carbocycles. The second-order valence-corrected chi connectivity index (χ2v) is 10.7. The van der Waals surface area contributed by atoms with Crippen molar-refractivity contribution in [2.24, 2.45) is 11.8 Å². The first-order valence-electron chi connectivity index (χ1n) is 13.8. The second kappa shape index (κ2) is 12.5. The zero-order chi connectivity index (χ0) is 28.1. The van der Waals surface area contributed by atoms with E-state index in [1.807, 2.05) is 24.3 Å². The Hall–Kier alpha value is -3.91. The lowest BCUT2D eigenvalue weighted by Crippen LogP contribution is -2.48. The van der Waals surface area contributed by atoms with Crippen molar-refractivity contribution in [1.82, 2.24) is 10.2 Å². The van der Waals surface area contributed by atoms with Crippen LogP contribution < -0.4 is 20.1 Å². The van der Waals surface area contributed by atoms with Crippen molar-refractivity contribution in [2.75, 3.05) is 32.6 Å². The summed E-state index contributed by atoms with van der Waals surface area (Å²) in [5.41, 5.74) is 5.28. The molecule has 1 saturated heterocycles. The summed E-state index contributed by atoms with van der Waals surface area (Å²) in [4.78, 5) is 28.9. The topological polar surface area (TPSA) is 79.9 Å².